The van der Waals surface area contributed by atoms with Crippen LogP contribution in [0.15, 0.2) is 16.7 Å². The van der Waals surface area contributed by atoms with Gasteiger partial charge in [-0.2, -0.15) is 5.26 Å². The van der Waals surface area contributed by atoms with Crippen LogP contribution in [-0.4, -0.2) is 4.98 Å². The van der Waals surface area contributed by atoms with E-state index in [-0.39, 0.29) is 12.0 Å². The van der Waals surface area contributed by atoms with E-state index in [1.165, 1.54) is 12.1 Å². The van der Waals surface area contributed by atoms with Crippen molar-refractivity contribution < 1.29 is 8.78 Å². The maximum atomic E-state index is 12.2. The summed E-state index contributed by atoms with van der Waals surface area (Å²) >= 11 is 3.00. The van der Waals surface area contributed by atoms with Crippen LogP contribution in [-0.2, 0) is 6.42 Å². The van der Waals surface area contributed by atoms with E-state index in [1.807, 2.05) is 6.07 Å². The van der Waals surface area contributed by atoms with Gasteiger partial charge >= 0.3 is 0 Å². The van der Waals surface area contributed by atoms with Gasteiger partial charge in [-0.05, 0) is 28.1 Å². The molecular weight excluding hydrogens is 242 g/mol. The standard InChI is InChI=1S/C8H5BrF2N2/c9-7-4-5(8(10)11)3-6(13-7)1-2-12/h3-4,8H,1H2. The second kappa shape index (κ2) is 4.28. The van der Waals surface area contributed by atoms with Crippen LogP contribution >= 0.6 is 15.9 Å². The minimum Gasteiger partial charge on any atom is -0.245 e. The lowest BCUT2D eigenvalue weighted by atomic mass is 10.2. The predicted molar refractivity (Wildman–Crippen MR) is 46.2 cm³/mol. The Hall–Kier alpha value is -1.02. The third-order valence-corrected chi connectivity index (χ3v) is 1.79. The number of aromatic nitrogens is 1. The molecule has 68 valence electrons. The zero-order valence-corrected chi connectivity index (χ0v) is 8.05. The number of hydrogen-bond acceptors (Lipinski definition) is 2. The molecule has 0 spiro atoms. The smallest absolute Gasteiger partial charge is 0.245 e. The van der Waals surface area contributed by atoms with Gasteiger partial charge in [-0.3, -0.25) is 0 Å². The molecule has 0 bridgehead atoms. The van der Waals surface area contributed by atoms with Crippen molar-refractivity contribution in [1.82, 2.24) is 4.98 Å². The maximum absolute atomic E-state index is 12.2. The Balaban J connectivity index is 3.05. The first kappa shape index (κ1) is 10.1. The molecule has 0 fully saturated rings. The molecule has 1 aromatic rings. The number of nitrogens with zero attached hydrogens (tertiary/aromatic N) is 2. The molecule has 0 aliphatic heterocycles. The Labute approximate surface area is 82.3 Å². The molecule has 0 amide bonds. The first-order chi connectivity index (χ1) is 6.13. The number of alkyl halides is 2. The van der Waals surface area contributed by atoms with E-state index >= 15 is 0 Å². The Morgan fingerprint density at radius 3 is 2.77 bits per heavy atom. The van der Waals surface area contributed by atoms with Crippen LogP contribution in [0.1, 0.15) is 17.7 Å². The molecular formula is C8H5BrF2N2. The van der Waals surface area contributed by atoms with E-state index in [9.17, 15) is 8.78 Å². The Kier molecular flexibility index (Phi) is 3.32. The molecule has 5 heteroatoms. The summed E-state index contributed by atoms with van der Waals surface area (Å²) in [7, 11) is 0. The molecule has 0 aromatic carbocycles. The molecule has 0 saturated carbocycles. The fraction of sp³-hybridized carbons (Fsp3) is 0.250. The van der Waals surface area contributed by atoms with Crippen molar-refractivity contribution in [2.45, 2.75) is 12.8 Å². The van der Waals surface area contributed by atoms with Gasteiger partial charge in [-0.1, -0.05) is 0 Å². The Bertz CT molecular complexity index is 346. The van der Waals surface area contributed by atoms with Crippen molar-refractivity contribution in [3.8, 4) is 6.07 Å². The monoisotopic (exact) mass is 246 g/mol. The zero-order valence-electron chi connectivity index (χ0n) is 6.47. The second-order valence-electron chi connectivity index (χ2n) is 2.35. The van der Waals surface area contributed by atoms with E-state index in [0.717, 1.165) is 0 Å². The minimum atomic E-state index is -2.53. The number of nitriles is 1. The number of hydrogen-bond donors (Lipinski definition) is 0. The molecule has 1 heterocycles. The van der Waals surface area contributed by atoms with Crippen LogP contribution in [0.4, 0.5) is 8.78 Å². The quantitative estimate of drug-likeness (QED) is 0.753. The van der Waals surface area contributed by atoms with Crippen LogP contribution in [0.2, 0.25) is 0 Å². The van der Waals surface area contributed by atoms with Crippen LogP contribution in [0, 0.1) is 11.3 Å². The lowest BCUT2D eigenvalue weighted by Crippen LogP contribution is -1.93. The summed E-state index contributed by atoms with van der Waals surface area (Å²) < 4.78 is 24.8. The van der Waals surface area contributed by atoms with Crippen molar-refractivity contribution in [1.29, 1.82) is 5.26 Å². The van der Waals surface area contributed by atoms with Crippen LogP contribution in [0.3, 0.4) is 0 Å². The zero-order chi connectivity index (χ0) is 9.84. The highest BCUT2D eigenvalue weighted by atomic mass is 79.9. The second-order valence-corrected chi connectivity index (χ2v) is 3.16. The highest BCUT2D eigenvalue weighted by Crippen LogP contribution is 2.22. The van der Waals surface area contributed by atoms with Gasteiger partial charge in [0.05, 0.1) is 18.2 Å². The van der Waals surface area contributed by atoms with Crippen LogP contribution in [0.5, 0.6) is 0 Å². The summed E-state index contributed by atoms with van der Waals surface area (Å²) in [6.07, 6.45) is -2.49. The summed E-state index contributed by atoms with van der Waals surface area (Å²) in [6, 6.07) is 4.33. The van der Waals surface area contributed by atoms with Crippen molar-refractivity contribution in [3.05, 3.63) is 28.0 Å². The molecule has 0 aliphatic rings. The molecule has 13 heavy (non-hydrogen) atoms. The van der Waals surface area contributed by atoms with Crippen LogP contribution < -0.4 is 0 Å². The Morgan fingerprint density at radius 2 is 2.23 bits per heavy atom. The Morgan fingerprint density at radius 1 is 1.54 bits per heavy atom. The van der Waals surface area contributed by atoms with Crippen molar-refractivity contribution in [2.75, 3.05) is 0 Å². The average Bonchev–Trinajstić information content (AvgIpc) is 2.03. The summed E-state index contributed by atoms with van der Waals surface area (Å²) in [5, 5.41) is 8.35. The van der Waals surface area contributed by atoms with Gasteiger partial charge in [0, 0.05) is 5.56 Å². The van der Waals surface area contributed by atoms with Gasteiger partial charge < -0.3 is 0 Å². The molecule has 0 atom stereocenters. The summed E-state index contributed by atoms with van der Waals surface area (Å²) in [5.41, 5.74) is 0.235. The largest absolute Gasteiger partial charge is 0.264 e. The molecule has 0 unspecified atom stereocenters. The molecule has 0 aliphatic carbocycles. The van der Waals surface area contributed by atoms with Gasteiger partial charge in [-0.25, -0.2) is 13.8 Å². The van der Waals surface area contributed by atoms with Gasteiger partial charge in [0.1, 0.15) is 4.60 Å². The fourth-order valence-corrected chi connectivity index (χ4v) is 1.36. The van der Waals surface area contributed by atoms with Crippen LogP contribution in [0.25, 0.3) is 0 Å². The summed E-state index contributed by atoms with van der Waals surface area (Å²) in [5.74, 6) is 0. The highest BCUT2D eigenvalue weighted by Gasteiger charge is 2.09. The van der Waals surface area contributed by atoms with E-state index < -0.39 is 6.43 Å². The highest BCUT2D eigenvalue weighted by molar-refractivity contribution is 9.10. The minimum absolute atomic E-state index is 0.0408. The average molecular weight is 247 g/mol. The molecule has 1 aromatic heterocycles. The molecule has 2 nitrogen and oxygen atoms in total. The van der Waals surface area contributed by atoms with Gasteiger partial charge in [-0.15, -0.1) is 0 Å². The molecule has 1 rings (SSSR count). The van der Waals surface area contributed by atoms with E-state index in [2.05, 4.69) is 20.9 Å². The number of rotatable bonds is 2. The molecule has 0 N–H and O–H groups in total. The van der Waals surface area contributed by atoms with Crippen molar-refractivity contribution in [2.24, 2.45) is 0 Å². The van der Waals surface area contributed by atoms with E-state index in [1.54, 1.807) is 0 Å². The first-order valence-electron chi connectivity index (χ1n) is 3.45. The van der Waals surface area contributed by atoms with Gasteiger partial charge in [0.25, 0.3) is 6.43 Å². The maximum Gasteiger partial charge on any atom is 0.264 e. The van der Waals surface area contributed by atoms with Gasteiger partial charge in [0.15, 0.2) is 0 Å². The van der Waals surface area contributed by atoms with Crippen molar-refractivity contribution in [3.63, 3.8) is 0 Å². The normalized spacial score (nSPS) is 10.1. The van der Waals surface area contributed by atoms with Crippen molar-refractivity contribution >= 4 is 15.9 Å². The SMILES string of the molecule is N#CCc1cc(C(F)F)cc(Br)n1. The number of pyridine rings is 1. The fourth-order valence-electron chi connectivity index (χ4n) is 0.871. The van der Waals surface area contributed by atoms with E-state index in [4.69, 9.17) is 5.26 Å². The topological polar surface area (TPSA) is 36.7 Å². The lowest BCUT2D eigenvalue weighted by molar-refractivity contribution is 0.151. The molecule has 0 radical (unpaired) electrons. The molecule has 0 saturated heterocycles. The third-order valence-electron chi connectivity index (χ3n) is 1.38. The third kappa shape index (κ3) is 2.74. The lowest BCUT2D eigenvalue weighted by Gasteiger charge is -2.02. The summed E-state index contributed by atoms with van der Waals surface area (Å²) in [4.78, 5) is 3.87. The number of halogens is 3. The van der Waals surface area contributed by atoms with Gasteiger partial charge in [0.2, 0.25) is 0 Å². The predicted octanol–water partition coefficient (Wildman–Crippen LogP) is 2.85. The summed E-state index contributed by atoms with van der Waals surface area (Å²) in [6.45, 7) is 0. The van der Waals surface area contributed by atoms with E-state index in [0.29, 0.717) is 10.3 Å². The first-order valence-corrected chi connectivity index (χ1v) is 4.24.